The molecule has 2 aromatic heterocycles. The summed E-state index contributed by atoms with van der Waals surface area (Å²) in [4.78, 5) is 32.0. The van der Waals surface area contributed by atoms with E-state index >= 15 is 0 Å². The van der Waals surface area contributed by atoms with E-state index in [2.05, 4.69) is 5.10 Å². The predicted octanol–water partition coefficient (Wildman–Crippen LogP) is 3.01. The largest absolute Gasteiger partial charge is 0.469 e. The van der Waals surface area contributed by atoms with Crippen LogP contribution in [0.2, 0.25) is 5.15 Å². The van der Waals surface area contributed by atoms with Crippen LogP contribution in [0.15, 0.2) is 64.4 Å². The van der Waals surface area contributed by atoms with Gasteiger partial charge in [0.1, 0.15) is 16.8 Å². The summed E-state index contributed by atoms with van der Waals surface area (Å²) >= 11 is 7.95. The van der Waals surface area contributed by atoms with Gasteiger partial charge in [0.2, 0.25) is 5.72 Å². The number of ether oxygens (including phenoxy) is 2. The number of nitrogens with zero attached hydrogens (tertiary/aromatic N) is 4. The second-order valence-electron chi connectivity index (χ2n) is 8.86. The molecule has 0 aliphatic carbocycles. The first kappa shape index (κ1) is 22.8. The lowest BCUT2D eigenvalue weighted by atomic mass is 9.81. The lowest BCUT2D eigenvalue weighted by molar-refractivity contribution is -0.158. The zero-order valence-corrected chi connectivity index (χ0v) is 21.2. The number of methoxy groups -OCH3 is 1. The van der Waals surface area contributed by atoms with Crippen molar-refractivity contribution in [1.82, 2.24) is 14.3 Å². The summed E-state index contributed by atoms with van der Waals surface area (Å²) in [5, 5.41) is 4.97. The SMILES string of the molecule is COC(=O)[C@@H]1[C@@H]2c3ccccc3O[C@]1(C)N=c1s/c(=C\c3c(C)nn(-c4ccccc4)c3Cl)c(=O)n12. The number of halogens is 1. The van der Waals surface area contributed by atoms with Gasteiger partial charge in [-0.25, -0.2) is 9.67 Å². The highest BCUT2D eigenvalue weighted by atomic mass is 35.5. The van der Waals surface area contributed by atoms with Gasteiger partial charge in [-0.05, 0) is 38.1 Å². The Bertz CT molecular complexity index is 1710. The minimum Gasteiger partial charge on any atom is -0.469 e. The van der Waals surface area contributed by atoms with Crippen molar-refractivity contribution < 1.29 is 14.3 Å². The molecule has 36 heavy (non-hydrogen) atoms. The molecular formula is C26H21ClN4O4S. The minimum atomic E-state index is -1.22. The molecule has 2 aliphatic rings. The first-order chi connectivity index (χ1) is 17.3. The molecule has 182 valence electrons. The second-order valence-corrected chi connectivity index (χ2v) is 10.2. The van der Waals surface area contributed by atoms with Crippen LogP contribution in [-0.2, 0) is 9.53 Å². The van der Waals surface area contributed by atoms with Crippen LogP contribution in [0.5, 0.6) is 5.75 Å². The summed E-state index contributed by atoms with van der Waals surface area (Å²) in [6, 6.07) is 16.3. The maximum absolute atomic E-state index is 13.8. The van der Waals surface area contributed by atoms with Crippen molar-refractivity contribution in [2.45, 2.75) is 25.6 Å². The molecule has 3 atom stereocenters. The lowest BCUT2D eigenvalue weighted by Gasteiger charge is -2.44. The Kier molecular flexibility index (Phi) is 5.17. The van der Waals surface area contributed by atoms with Crippen molar-refractivity contribution in [3.63, 3.8) is 0 Å². The molecule has 4 aromatic rings. The lowest BCUT2D eigenvalue weighted by Crippen LogP contribution is -2.58. The van der Waals surface area contributed by atoms with E-state index in [0.717, 1.165) is 11.3 Å². The average Bonchev–Trinajstić information content (AvgIpc) is 3.33. The van der Waals surface area contributed by atoms with Crippen LogP contribution in [0, 0.1) is 12.8 Å². The van der Waals surface area contributed by atoms with Crippen molar-refractivity contribution in [3.8, 4) is 11.4 Å². The summed E-state index contributed by atoms with van der Waals surface area (Å²) in [7, 11) is 1.33. The fourth-order valence-electron chi connectivity index (χ4n) is 4.98. The zero-order valence-electron chi connectivity index (χ0n) is 19.6. The monoisotopic (exact) mass is 520 g/mol. The molecule has 10 heteroatoms. The smallest absolute Gasteiger partial charge is 0.317 e. The molecule has 0 saturated carbocycles. The van der Waals surface area contributed by atoms with E-state index in [1.54, 1.807) is 22.2 Å². The van der Waals surface area contributed by atoms with Gasteiger partial charge in [0.25, 0.3) is 5.56 Å². The van der Waals surface area contributed by atoms with Gasteiger partial charge < -0.3 is 9.47 Å². The molecule has 8 nitrogen and oxygen atoms in total. The van der Waals surface area contributed by atoms with Crippen LogP contribution >= 0.6 is 22.9 Å². The van der Waals surface area contributed by atoms with Gasteiger partial charge in [0, 0.05) is 11.1 Å². The standard InChI is InChI=1S/C26H21ClN4O4S/c1-14-17(22(27)31(29-14)15-9-5-4-6-10-15)13-19-23(32)30-21-16-11-7-8-12-18(16)35-26(2,28-25(30)36-19)20(21)24(33)34-3/h4-13,20-21H,1-3H3/b19-13-/t20-,21-,26-/m0/s1. The Labute approximate surface area is 214 Å². The van der Waals surface area contributed by atoms with Crippen LogP contribution in [0.1, 0.15) is 29.8 Å². The number of rotatable bonds is 3. The van der Waals surface area contributed by atoms with Gasteiger partial charge >= 0.3 is 5.97 Å². The molecule has 0 fully saturated rings. The number of hydrogen-bond acceptors (Lipinski definition) is 7. The number of hydrogen-bond donors (Lipinski definition) is 0. The molecule has 0 amide bonds. The molecule has 0 saturated heterocycles. The van der Waals surface area contributed by atoms with E-state index in [1.807, 2.05) is 61.5 Å². The van der Waals surface area contributed by atoms with Crippen LogP contribution < -0.4 is 19.6 Å². The number of fused-ring (bicyclic) bond motifs is 6. The predicted molar refractivity (Wildman–Crippen MR) is 135 cm³/mol. The Balaban J connectivity index is 1.58. The van der Waals surface area contributed by atoms with Gasteiger partial charge in [-0.15, -0.1) is 0 Å². The first-order valence-corrected chi connectivity index (χ1v) is 12.5. The van der Waals surface area contributed by atoms with Crippen LogP contribution in [-0.4, -0.2) is 33.2 Å². The Hall–Kier alpha value is -3.69. The van der Waals surface area contributed by atoms with Crippen LogP contribution in [0.4, 0.5) is 0 Å². The van der Waals surface area contributed by atoms with E-state index in [9.17, 15) is 9.59 Å². The maximum Gasteiger partial charge on any atom is 0.317 e. The van der Waals surface area contributed by atoms with Crippen molar-refractivity contribution in [1.29, 1.82) is 0 Å². The number of aromatic nitrogens is 3. The van der Waals surface area contributed by atoms with E-state index < -0.39 is 23.7 Å². The Morgan fingerprint density at radius 1 is 1.19 bits per heavy atom. The number of carbonyl (C=O) groups is 1. The molecule has 0 spiro atoms. The fraction of sp³-hybridized carbons (Fsp3) is 0.231. The Morgan fingerprint density at radius 2 is 1.92 bits per heavy atom. The Morgan fingerprint density at radius 3 is 2.67 bits per heavy atom. The summed E-state index contributed by atoms with van der Waals surface area (Å²) in [5.74, 6) is -0.722. The van der Waals surface area contributed by atoms with Gasteiger partial charge in [-0.3, -0.25) is 14.2 Å². The average molecular weight is 521 g/mol. The maximum atomic E-state index is 13.8. The third kappa shape index (κ3) is 3.26. The van der Waals surface area contributed by atoms with Crippen molar-refractivity contribution >= 4 is 35.0 Å². The topological polar surface area (TPSA) is 87.7 Å². The van der Waals surface area contributed by atoms with Crippen molar-refractivity contribution in [2.75, 3.05) is 7.11 Å². The summed E-state index contributed by atoms with van der Waals surface area (Å²) in [6.07, 6.45) is 1.74. The number of esters is 1. The molecule has 2 aromatic carbocycles. The summed E-state index contributed by atoms with van der Waals surface area (Å²) in [5.41, 5.74) is 1.40. The normalized spacial score (nSPS) is 22.3. The molecule has 0 unspecified atom stereocenters. The molecule has 4 heterocycles. The number of carbonyl (C=O) groups excluding carboxylic acids is 1. The van der Waals surface area contributed by atoms with E-state index in [4.69, 9.17) is 26.1 Å². The highest BCUT2D eigenvalue weighted by molar-refractivity contribution is 7.07. The molecule has 0 radical (unpaired) electrons. The highest BCUT2D eigenvalue weighted by Gasteiger charge is 2.55. The summed E-state index contributed by atoms with van der Waals surface area (Å²) in [6.45, 7) is 3.59. The molecule has 0 N–H and O–H groups in total. The number of aryl methyl sites for hydroxylation is 1. The van der Waals surface area contributed by atoms with Crippen LogP contribution in [0.25, 0.3) is 11.8 Å². The van der Waals surface area contributed by atoms with Crippen LogP contribution in [0.3, 0.4) is 0 Å². The first-order valence-electron chi connectivity index (χ1n) is 11.3. The molecular weight excluding hydrogens is 500 g/mol. The molecule has 6 rings (SSSR count). The third-order valence-corrected chi connectivity index (χ3v) is 8.01. The fourth-order valence-corrected chi connectivity index (χ4v) is 6.39. The zero-order chi connectivity index (χ0) is 25.2. The summed E-state index contributed by atoms with van der Waals surface area (Å²) < 4.78 is 15.0. The van der Waals surface area contributed by atoms with Gasteiger partial charge in [-0.2, -0.15) is 5.10 Å². The second kappa shape index (κ2) is 8.18. The van der Waals surface area contributed by atoms with Crippen molar-refractivity contribution in [2.24, 2.45) is 10.9 Å². The van der Waals surface area contributed by atoms with E-state index in [1.165, 1.54) is 18.4 Å². The third-order valence-electron chi connectivity index (χ3n) is 6.66. The quantitative estimate of drug-likeness (QED) is 0.388. The minimum absolute atomic E-state index is 0.265. The van der Waals surface area contributed by atoms with E-state index in [0.29, 0.717) is 31.5 Å². The number of para-hydroxylation sites is 2. The van der Waals surface area contributed by atoms with Gasteiger partial charge in [0.05, 0.1) is 29.1 Å². The number of thiazole rings is 1. The number of benzene rings is 2. The van der Waals surface area contributed by atoms with Gasteiger partial charge in [-0.1, -0.05) is 59.3 Å². The highest BCUT2D eigenvalue weighted by Crippen LogP contribution is 2.47. The van der Waals surface area contributed by atoms with E-state index in [-0.39, 0.29) is 5.56 Å². The molecule has 2 aliphatic heterocycles. The molecule has 2 bridgehead atoms. The van der Waals surface area contributed by atoms with Gasteiger partial charge in [0.15, 0.2) is 4.80 Å². The van der Waals surface area contributed by atoms with Crippen molar-refractivity contribution in [3.05, 3.63) is 96.3 Å².